The quantitative estimate of drug-likeness (QED) is 0.779. The Morgan fingerprint density at radius 1 is 1.05 bits per heavy atom. The molecule has 0 bridgehead atoms. The lowest BCUT2D eigenvalue weighted by Gasteiger charge is -2.16. The first-order chi connectivity index (χ1) is 10.0. The molecule has 0 aliphatic rings. The second-order valence-corrected chi connectivity index (χ2v) is 5.12. The Morgan fingerprint density at radius 3 is 2.29 bits per heavy atom. The molecule has 0 aliphatic carbocycles. The summed E-state index contributed by atoms with van der Waals surface area (Å²) in [6, 6.07) is 14.0. The van der Waals surface area contributed by atoms with Gasteiger partial charge in [0.1, 0.15) is 5.75 Å². The summed E-state index contributed by atoms with van der Waals surface area (Å²) in [5.74, 6) is 0.908. The monoisotopic (exact) mass is 280 g/mol. The molecule has 21 heavy (non-hydrogen) atoms. The highest BCUT2D eigenvalue weighted by Gasteiger charge is 2.13. The molecular formula is C19H20O2. The third-order valence-corrected chi connectivity index (χ3v) is 3.53. The summed E-state index contributed by atoms with van der Waals surface area (Å²) < 4.78 is 5.50. The van der Waals surface area contributed by atoms with E-state index in [1.165, 1.54) is 0 Å². The van der Waals surface area contributed by atoms with E-state index in [-0.39, 0.29) is 5.78 Å². The number of rotatable bonds is 4. The highest BCUT2D eigenvalue weighted by Crippen LogP contribution is 2.33. The summed E-state index contributed by atoms with van der Waals surface area (Å²) in [6.07, 6.45) is 1.69. The summed E-state index contributed by atoms with van der Waals surface area (Å²) in [5, 5.41) is 0. The zero-order chi connectivity index (χ0) is 15.4. The first-order valence-corrected chi connectivity index (χ1v) is 6.97. The Kier molecular flexibility index (Phi) is 4.59. The predicted molar refractivity (Wildman–Crippen MR) is 86.7 cm³/mol. The van der Waals surface area contributed by atoms with Gasteiger partial charge in [-0.05, 0) is 54.7 Å². The van der Waals surface area contributed by atoms with Crippen molar-refractivity contribution in [1.29, 1.82) is 0 Å². The molecule has 2 heteroatoms. The lowest BCUT2D eigenvalue weighted by Crippen LogP contribution is -1.99. The Bertz CT molecular complexity index is 682. The van der Waals surface area contributed by atoms with Gasteiger partial charge in [-0.15, -0.1) is 0 Å². The van der Waals surface area contributed by atoms with Gasteiger partial charge in [-0.3, -0.25) is 4.79 Å². The molecule has 0 heterocycles. The van der Waals surface area contributed by atoms with E-state index >= 15 is 0 Å². The SMILES string of the molecule is COc1c(C)ccc(/C(=C\C(C)=O)c2ccccc2)c1C. The molecule has 0 atom stereocenters. The molecule has 0 radical (unpaired) electrons. The maximum absolute atomic E-state index is 11.6. The summed E-state index contributed by atoms with van der Waals surface area (Å²) in [6.45, 7) is 5.62. The van der Waals surface area contributed by atoms with Crippen LogP contribution in [0.4, 0.5) is 0 Å². The van der Waals surface area contributed by atoms with E-state index in [0.29, 0.717) is 0 Å². The van der Waals surface area contributed by atoms with Crippen molar-refractivity contribution in [3.63, 3.8) is 0 Å². The van der Waals surface area contributed by atoms with E-state index in [9.17, 15) is 4.79 Å². The number of carbonyl (C=O) groups is 1. The minimum Gasteiger partial charge on any atom is -0.496 e. The molecule has 0 spiro atoms. The molecule has 0 N–H and O–H groups in total. The topological polar surface area (TPSA) is 26.3 Å². The van der Waals surface area contributed by atoms with E-state index in [4.69, 9.17) is 4.74 Å². The molecule has 2 rings (SSSR count). The number of carbonyl (C=O) groups excluding carboxylic acids is 1. The van der Waals surface area contributed by atoms with Crippen LogP contribution in [0.1, 0.15) is 29.2 Å². The van der Waals surface area contributed by atoms with E-state index in [2.05, 4.69) is 6.07 Å². The third-order valence-electron chi connectivity index (χ3n) is 3.53. The lowest BCUT2D eigenvalue weighted by molar-refractivity contribution is -0.112. The fraction of sp³-hybridized carbons (Fsp3) is 0.211. The average Bonchev–Trinajstić information content (AvgIpc) is 2.47. The van der Waals surface area contributed by atoms with Crippen LogP contribution < -0.4 is 4.74 Å². The Labute approximate surface area is 126 Å². The van der Waals surface area contributed by atoms with E-state index < -0.39 is 0 Å². The van der Waals surface area contributed by atoms with Gasteiger partial charge in [0, 0.05) is 0 Å². The van der Waals surface area contributed by atoms with E-state index in [1.807, 2.05) is 50.2 Å². The molecule has 0 unspecified atom stereocenters. The van der Waals surface area contributed by atoms with Crippen LogP contribution in [0.25, 0.3) is 5.57 Å². The Balaban J connectivity index is 2.67. The van der Waals surface area contributed by atoms with Crippen LogP contribution in [0, 0.1) is 13.8 Å². The van der Waals surface area contributed by atoms with Crippen LogP contribution in [0.15, 0.2) is 48.5 Å². The molecule has 0 saturated heterocycles. The van der Waals surface area contributed by atoms with Gasteiger partial charge in [-0.2, -0.15) is 0 Å². The Hall–Kier alpha value is -2.35. The largest absolute Gasteiger partial charge is 0.496 e. The highest BCUT2D eigenvalue weighted by molar-refractivity contribution is 5.99. The van der Waals surface area contributed by atoms with Crippen LogP contribution in [-0.4, -0.2) is 12.9 Å². The summed E-state index contributed by atoms with van der Waals surface area (Å²) in [7, 11) is 1.68. The number of ketones is 1. The number of methoxy groups -OCH3 is 1. The third kappa shape index (κ3) is 3.22. The molecule has 0 saturated carbocycles. The standard InChI is InChI=1S/C19H20O2/c1-13-10-11-17(15(3)19(13)21-4)18(12-14(2)20)16-8-6-5-7-9-16/h5-12H,1-4H3/b18-12-. The van der Waals surface area contributed by atoms with Crippen molar-refractivity contribution in [3.8, 4) is 5.75 Å². The van der Waals surface area contributed by atoms with Gasteiger partial charge >= 0.3 is 0 Å². The van der Waals surface area contributed by atoms with Crippen LogP contribution in [0.2, 0.25) is 0 Å². The second kappa shape index (κ2) is 6.40. The van der Waals surface area contributed by atoms with Gasteiger partial charge in [-0.1, -0.05) is 42.5 Å². The number of benzene rings is 2. The first kappa shape index (κ1) is 15.0. The molecule has 108 valence electrons. The number of ether oxygens (including phenoxy) is 1. The van der Waals surface area contributed by atoms with Crippen LogP contribution in [0.5, 0.6) is 5.75 Å². The van der Waals surface area contributed by atoms with Crippen LogP contribution in [0.3, 0.4) is 0 Å². The van der Waals surface area contributed by atoms with Gasteiger partial charge < -0.3 is 4.74 Å². The predicted octanol–water partition coefficient (Wildman–Crippen LogP) is 4.33. The molecule has 0 fully saturated rings. The normalized spacial score (nSPS) is 11.3. The van der Waals surface area contributed by atoms with Gasteiger partial charge in [-0.25, -0.2) is 0 Å². The number of allylic oxidation sites excluding steroid dienone is 1. The van der Waals surface area contributed by atoms with Crippen LogP contribution in [-0.2, 0) is 4.79 Å². The number of hydrogen-bond donors (Lipinski definition) is 0. The molecule has 2 aromatic rings. The summed E-state index contributed by atoms with van der Waals surface area (Å²) in [5.41, 5.74) is 5.13. The summed E-state index contributed by atoms with van der Waals surface area (Å²) in [4.78, 5) is 11.6. The molecule has 2 nitrogen and oxygen atoms in total. The van der Waals surface area contributed by atoms with Gasteiger partial charge in [0.2, 0.25) is 0 Å². The second-order valence-electron chi connectivity index (χ2n) is 5.12. The maximum Gasteiger partial charge on any atom is 0.153 e. The van der Waals surface area contributed by atoms with Crippen molar-refractivity contribution in [2.75, 3.05) is 7.11 Å². The zero-order valence-electron chi connectivity index (χ0n) is 12.9. The highest BCUT2D eigenvalue weighted by atomic mass is 16.5. The summed E-state index contributed by atoms with van der Waals surface area (Å²) >= 11 is 0. The maximum atomic E-state index is 11.6. The van der Waals surface area contributed by atoms with Crippen molar-refractivity contribution in [1.82, 2.24) is 0 Å². The van der Waals surface area contributed by atoms with Gasteiger partial charge in [0.05, 0.1) is 7.11 Å². The van der Waals surface area contributed by atoms with Gasteiger partial charge in [0.15, 0.2) is 5.78 Å². The number of hydrogen-bond acceptors (Lipinski definition) is 2. The van der Waals surface area contributed by atoms with E-state index in [1.54, 1.807) is 20.1 Å². The molecule has 0 aromatic heterocycles. The molecule has 0 amide bonds. The Morgan fingerprint density at radius 2 is 1.71 bits per heavy atom. The molecule has 0 aliphatic heterocycles. The first-order valence-electron chi connectivity index (χ1n) is 6.97. The lowest BCUT2D eigenvalue weighted by atomic mass is 9.92. The minimum atomic E-state index is 0.0350. The van der Waals surface area contributed by atoms with Crippen molar-refractivity contribution in [2.24, 2.45) is 0 Å². The van der Waals surface area contributed by atoms with E-state index in [0.717, 1.165) is 33.6 Å². The van der Waals surface area contributed by atoms with Gasteiger partial charge in [0.25, 0.3) is 0 Å². The molecular weight excluding hydrogens is 260 g/mol. The van der Waals surface area contributed by atoms with Crippen molar-refractivity contribution >= 4 is 11.4 Å². The van der Waals surface area contributed by atoms with Crippen molar-refractivity contribution < 1.29 is 9.53 Å². The fourth-order valence-corrected chi connectivity index (χ4v) is 2.57. The smallest absolute Gasteiger partial charge is 0.153 e. The fourth-order valence-electron chi connectivity index (χ4n) is 2.57. The number of aryl methyl sites for hydroxylation is 1. The van der Waals surface area contributed by atoms with Crippen LogP contribution >= 0.6 is 0 Å². The van der Waals surface area contributed by atoms with Crippen molar-refractivity contribution in [2.45, 2.75) is 20.8 Å². The minimum absolute atomic E-state index is 0.0350. The molecule has 2 aromatic carbocycles. The average molecular weight is 280 g/mol. The zero-order valence-corrected chi connectivity index (χ0v) is 12.9. The van der Waals surface area contributed by atoms with Crippen molar-refractivity contribution in [3.05, 3.63) is 70.8 Å².